The van der Waals surface area contributed by atoms with Gasteiger partial charge in [-0.1, -0.05) is 6.07 Å². The first kappa shape index (κ1) is 12.8. The lowest BCUT2D eigenvalue weighted by atomic mass is 10.1. The van der Waals surface area contributed by atoms with Crippen molar-refractivity contribution in [3.63, 3.8) is 0 Å². The number of rotatable bonds is 4. The van der Waals surface area contributed by atoms with Crippen LogP contribution in [0.25, 0.3) is 0 Å². The van der Waals surface area contributed by atoms with Crippen LogP contribution in [0.15, 0.2) is 18.2 Å². The Hall–Kier alpha value is -1.62. The predicted octanol–water partition coefficient (Wildman–Crippen LogP) is 1.56. The van der Waals surface area contributed by atoms with Crippen molar-refractivity contribution in [1.82, 2.24) is 5.32 Å². The van der Waals surface area contributed by atoms with Gasteiger partial charge in [0, 0.05) is 19.8 Å². The standard InChI is InChI=1S/C13H17FN2O2/c14-11-3-1-2-10(12(11)15)13(17)16-6-4-9-5-7-18-8-9/h1-3,9H,4-8,15H2,(H,16,17). The van der Waals surface area contributed by atoms with Gasteiger partial charge >= 0.3 is 0 Å². The van der Waals surface area contributed by atoms with Crippen molar-refractivity contribution in [1.29, 1.82) is 0 Å². The van der Waals surface area contributed by atoms with Crippen molar-refractivity contribution in [2.75, 3.05) is 25.5 Å². The molecule has 1 aliphatic heterocycles. The molecule has 1 atom stereocenters. The molecule has 3 N–H and O–H groups in total. The minimum absolute atomic E-state index is 0.0980. The van der Waals surface area contributed by atoms with Crippen molar-refractivity contribution in [3.05, 3.63) is 29.6 Å². The molecule has 0 saturated carbocycles. The molecule has 1 fully saturated rings. The van der Waals surface area contributed by atoms with E-state index in [1.807, 2.05) is 0 Å². The number of nitrogens with one attached hydrogen (secondary N) is 1. The van der Waals surface area contributed by atoms with Gasteiger partial charge in [0.05, 0.1) is 11.3 Å². The number of anilines is 1. The van der Waals surface area contributed by atoms with E-state index < -0.39 is 5.82 Å². The summed E-state index contributed by atoms with van der Waals surface area (Å²) >= 11 is 0. The Bertz CT molecular complexity index is 431. The van der Waals surface area contributed by atoms with E-state index in [9.17, 15) is 9.18 Å². The average molecular weight is 252 g/mol. The first-order valence-electron chi connectivity index (χ1n) is 6.08. The van der Waals surface area contributed by atoms with Gasteiger partial charge in [0.1, 0.15) is 5.82 Å². The van der Waals surface area contributed by atoms with Crippen LogP contribution in [0.1, 0.15) is 23.2 Å². The average Bonchev–Trinajstić information content (AvgIpc) is 2.85. The lowest BCUT2D eigenvalue weighted by Crippen LogP contribution is -2.27. The van der Waals surface area contributed by atoms with Gasteiger partial charge in [-0.3, -0.25) is 4.79 Å². The molecular weight excluding hydrogens is 235 g/mol. The lowest BCUT2D eigenvalue weighted by Gasteiger charge is -2.10. The zero-order valence-electron chi connectivity index (χ0n) is 10.1. The molecule has 1 amide bonds. The summed E-state index contributed by atoms with van der Waals surface area (Å²) in [5, 5.41) is 2.75. The number of amides is 1. The van der Waals surface area contributed by atoms with Crippen molar-refractivity contribution >= 4 is 11.6 Å². The van der Waals surface area contributed by atoms with Crippen LogP contribution in [0.2, 0.25) is 0 Å². The van der Waals surface area contributed by atoms with Crippen molar-refractivity contribution < 1.29 is 13.9 Å². The molecule has 0 aliphatic carbocycles. The summed E-state index contributed by atoms with van der Waals surface area (Å²) < 4.78 is 18.4. The maximum Gasteiger partial charge on any atom is 0.253 e. The van der Waals surface area contributed by atoms with E-state index in [0.29, 0.717) is 12.5 Å². The van der Waals surface area contributed by atoms with Crippen LogP contribution in [-0.4, -0.2) is 25.7 Å². The highest BCUT2D eigenvalue weighted by molar-refractivity contribution is 5.99. The number of para-hydroxylation sites is 1. The van der Waals surface area contributed by atoms with Gasteiger partial charge in [-0.25, -0.2) is 4.39 Å². The van der Waals surface area contributed by atoms with Crippen molar-refractivity contribution in [2.24, 2.45) is 5.92 Å². The van der Waals surface area contributed by atoms with Crippen LogP contribution in [0.4, 0.5) is 10.1 Å². The zero-order valence-corrected chi connectivity index (χ0v) is 10.1. The Balaban J connectivity index is 1.85. The number of halogens is 1. The van der Waals surface area contributed by atoms with E-state index in [2.05, 4.69) is 5.32 Å². The van der Waals surface area contributed by atoms with Crippen molar-refractivity contribution in [2.45, 2.75) is 12.8 Å². The van der Waals surface area contributed by atoms with Gasteiger partial charge in [-0.15, -0.1) is 0 Å². The Morgan fingerprint density at radius 2 is 2.39 bits per heavy atom. The number of carbonyl (C=O) groups excluding carboxylic acids is 1. The monoisotopic (exact) mass is 252 g/mol. The summed E-state index contributed by atoms with van der Waals surface area (Å²) in [6.07, 6.45) is 1.92. The first-order chi connectivity index (χ1) is 8.68. The Morgan fingerprint density at radius 1 is 1.56 bits per heavy atom. The molecule has 0 bridgehead atoms. The summed E-state index contributed by atoms with van der Waals surface area (Å²) in [5.41, 5.74) is 5.62. The fraction of sp³-hybridized carbons (Fsp3) is 0.462. The molecule has 4 nitrogen and oxygen atoms in total. The number of benzene rings is 1. The topological polar surface area (TPSA) is 64.4 Å². The highest BCUT2D eigenvalue weighted by Gasteiger charge is 2.16. The van der Waals surface area contributed by atoms with Crippen LogP contribution >= 0.6 is 0 Å². The summed E-state index contributed by atoms with van der Waals surface area (Å²) in [6, 6.07) is 4.24. The van der Waals surface area contributed by atoms with Gasteiger partial charge in [0.2, 0.25) is 0 Å². The Kier molecular flexibility index (Phi) is 4.15. The molecule has 0 aromatic heterocycles. The molecule has 1 heterocycles. The second-order valence-corrected chi connectivity index (χ2v) is 4.48. The molecule has 1 unspecified atom stereocenters. The maximum atomic E-state index is 13.2. The number of nitrogens with two attached hydrogens (primary N) is 1. The van der Waals surface area contributed by atoms with Gasteiger partial charge in [0.25, 0.3) is 5.91 Å². The zero-order chi connectivity index (χ0) is 13.0. The second-order valence-electron chi connectivity index (χ2n) is 4.48. The number of ether oxygens (including phenoxy) is 1. The highest BCUT2D eigenvalue weighted by Crippen LogP contribution is 2.17. The second kappa shape index (κ2) is 5.82. The fourth-order valence-electron chi connectivity index (χ4n) is 2.03. The van der Waals surface area contributed by atoms with Crippen molar-refractivity contribution in [3.8, 4) is 0 Å². The van der Waals surface area contributed by atoms with Crippen LogP contribution in [0.3, 0.4) is 0 Å². The number of hydrogen-bond donors (Lipinski definition) is 2. The van der Waals surface area contributed by atoms with E-state index in [1.54, 1.807) is 0 Å². The third-order valence-electron chi connectivity index (χ3n) is 3.16. The minimum atomic E-state index is -0.563. The third-order valence-corrected chi connectivity index (χ3v) is 3.16. The third kappa shape index (κ3) is 2.98. The van der Waals surface area contributed by atoms with Gasteiger partial charge < -0.3 is 15.8 Å². The molecule has 5 heteroatoms. The molecule has 1 aliphatic rings. The van der Waals surface area contributed by atoms with Crippen LogP contribution in [-0.2, 0) is 4.74 Å². The van der Waals surface area contributed by atoms with Gasteiger partial charge in [-0.05, 0) is 30.9 Å². The summed E-state index contributed by atoms with van der Waals surface area (Å²) in [7, 11) is 0. The molecule has 1 aromatic carbocycles. The van der Waals surface area contributed by atoms with Crippen LogP contribution in [0, 0.1) is 11.7 Å². The van der Waals surface area contributed by atoms with E-state index in [4.69, 9.17) is 10.5 Å². The molecule has 98 valence electrons. The number of carbonyl (C=O) groups is 1. The highest BCUT2D eigenvalue weighted by atomic mass is 19.1. The van der Waals surface area contributed by atoms with Gasteiger partial charge in [-0.2, -0.15) is 0 Å². The predicted molar refractivity (Wildman–Crippen MR) is 66.7 cm³/mol. The molecule has 1 aromatic rings. The molecule has 0 spiro atoms. The lowest BCUT2D eigenvalue weighted by molar-refractivity contribution is 0.0951. The smallest absolute Gasteiger partial charge is 0.253 e. The normalized spacial score (nSPS) is 18.8. The molecular formula is C13H17FN2O2. The largest absolute Gasteiger partial charge is 0.396 e. The van der Waals surface area contributed by atoms with Crippen LogP contribution < -0.4 is 11.1 Å². The quantitative estimate of drug-likeness (QED) is 0.799. The first-order valence-corrected chi connectivity index (χ1v) is 6.08. The summed E-state index contributed by atoms with van der Waals surface area (Å²) in [5.74, 6) is -0.382. The maximum absolute atomic E-state index is 13.2. The number of nitrogen functional groups attached to an aromatic ring is 1. The van der Waals surface area contributed by atoms with Crippen LogP contribution in [0.5, 0.6) is 0 Å². The number of hydrogen-bond acceptors (Lipinski definition) is 3. The minimum Gasteiger partial charge on any atom is -0.396 e. The Labute approximate surface area is 105 Å². The summed E-state index contributed by atoms with van der Waals surface area (Å²) in [4.78, 5) is 11.8. The van der Waals surface area contributed by atoms with E-state index in [1.165, 1.54) is 18.2 Å². The SMILES string of the molecule is Nc1c(F)cccc1C(=O)NCCC1CCOC1. The Morgan fingerprint density at radius 3 is 3.11 bits per heavy atom. The van der Waals surface area contributed by atoms with E-state index in [0.717, 1.165) is 26.1 Å². The summed E-state index contributed by atoms with van der Waals surface area (Å²) in [6.45, 7) is 2.12. The van der Waals surface area contributed by atoms with Gasteiger partial charge in [0.15, 0.2) is 0 Å². The molecule has 18 heavy (non-hydrogen) atoms. The molecule has 0 radical (unpaired) electrons. The molecule has 1 saturated heterocycles. The van der Waals surface area contributed by atoms with E-state index >= 15 is 0 Å². The van der Waals surface area contributed by atoms with E-state index in [-0.39, 0.29) is 17.2 Å². The molecule has 2 rings (SSSR count). The fourth-order valence-corrected chi connectivity index (χ4v) is 2.03.